The second-order valence-electron chi connectivity index (χ2n) is 6.49. The lowest BCUT2D eigenvalue weighted by Crippen LogP contribution is -2.50. The van der Waals surface area contributed by atoms with E-state index in [4.69, 9.17) is 4.98 Å². The second kappa shape index (κ2) is 7.80. The van der Waals surface area contributed by atoms with Crippen LogP contribution in [0.5, 0.6) is 0 Å². The van der Waals surface area contributed by atoms with Gasteiger partial charge in [0.05, 0.1) is 18.7 Å². The van der Waals surface area contributed by atoms with Gasteiger partial charge in [-0.25, -0.2) is 4.98 Å². The van der Waals surface area contributed by atoms with E-state index in [9.17, 15) is 9.90 Å². The molecule has 0 bridgehead atoms. The van der Waals surface area contributed by atoms with Crippen molar-refractivity contribution in [1.29, 1.82) is 0 Å². The predicted octanol–water partition coefficient (Wildman–Crippen LogP) is 1.29. The summed E-state index contributed by atoms with van der Waals surface area (Å²) in [4.78, 5) is 21.0. The van der Waals surface area contributed by atoms with Crippen LogP contribution in [0.2, 0.25) is 0 Å². The number of piperazine rings is 1. The smallest absolute Gasteiger partial charge is 0.234 e. The average molecular weight is 342 g/mol. The molecule has 1 aliphatic heterocycles. The number of aromatic nitrogens is 1. The number of hydrogen-bond acceptors (Lipinski definition) is 5. The van der Waals surface area contributed by atoms with Crippen LogP contribution in [0.1, 0.15) is 18.1 Å². The molecule has 0 spiro atoms. The molecule has 3 rings (SSSR count). The lowest BCUT2D eigenvalue weighted by atomic mass is 10.1. The maximum absolute atomic E-state index is 11.7. The number of para-hydroxylation sites is 1. The monoisotopic (exact) mass is 342 g/mol. The van der Waals surface area contributed by atoms with Crippen molar-refractivity contribution in [3.63, 3.8) is 0 Å². The topological polar surface area (TPSA) is 68.7 Å². The van der Waals surface area contributed by atoms with Gasteiger partial charge in [-0.3, -0.25) is 9.69 Å². The van der Waals surface area contributed by atoms with Crippen molar-refractivity contribution in [3.8, 4) is 0 Å². The number of carbonyl (C=O) groups excluding carboxylic acids is 1. The van der Waals surface area contributed by atoms with E-state index < -0.39 is 0 Å². The number of hydrogen-bond donors (Lipinski definition) is 2. The number of aliphatic hydroxyl groups is 1. The van der Waals surface area contributed by atoms with E-state index in [2.05, 4.69) is 28.1 Å². The van der Waals surface area contributed by atoms with Crippen LogP contribution in [0.15, 0.2) is 24.3 Å². The zero-order valence-corrected chi connectivity index (χ0v) is 15.0. The number of nitrogens with zero attached hydrogens (tertiary/aromatic N) is 3. The number of nitrogens with one attached hydrogen (secondary N) is 1. The molecule has 6 heteroatoms. The first-order valence-corrected chi connectivity index (χ1v) is 8.86. The fourth-order valence-electron chi connectivity index (χ4n) is 3.34. The van der Waals surface area contributed by atoms with Crippen molar-refractivity contribution in [2.75, 3.05) is 44.2 Å². The van der Waals surface area contributed by atoms with Crippen LogP contribution in [0.25, 0.3) is 10.9 Å². The van der Waals surface area contributed by atoms with Gasteiger partial charge in [-0.15, -0.1) is 0 Å². The highest BCUT2D eigenvalue weighted by Crippen LogP contribution is 2.26. The molecule has 1 aromatic heterocycles. The number of carbonyl (C=O) groups is 1. The zero-order valence-electron chi connectivity index (χ0n) is 15.0. The lowest BCUT2D eigenvalue weighted by Gasteiger charge is -2.36. The molecule has 0 aliphatic carbocycles. The third-order valence-electron chi connectivity index (χ3n) is 4.69. The molecular formula is C19H26N4O2. The first-order chi connectivity index (χ1) is 12.1. The number of rotatable bonds is 5. The van der Waals surface area contributed by atoms with Crippen LogP contribution < -0.4 is 10.2 Å². The average Bonchev–Trinajstić information content (AvgIpc) is 2.62. The molecule has 1 aliphatic rings. The summed E-state index contributed by atoms with van der Waals surface area (Å²) in [7, 11) is 0. The maximum Gasteiger partial charge on any atom is 0.234 e. The normalized spacial score (nSPS) is 15.6. The van der Waals surface area contributed by atoms with Gasteiger partial charge in [-0.2, -0.15) is 0 Å². The fourth-order valence-corrected chi connectivity index (χ4v) is 3.34. The molecule has 0 saturated carbocycles. The lowest BCUT2D eigenvalue weighted by molar-refractivity contribution is -0.122. The molecule has 2 N–H and O–H groups in total. The van der Waals surface area contributed by atoms with Crippen molar-refractivity contribution in [2.45, 2.75) is 20.5 Å². The summed E-state index contributed by atoms with van der Waals surface area (Å²) in [6.07, 6.45) is 0. The minimum Gasteiger partial charge on any atom is -0.392 e. The number of likely N-dealkylation sites (N-methyl/N-ethyl adjacent to an activating group) is 1. The summed E-state index contributed by atoms with van der Waals surface area (Å²) >= 11 is 0. The summed E-state index contributed by atoms with van der Waals surface area (Å²) in [6, 6.07) is 8.14. The van der Waals surface area contributed by atoms with Crippen LogP contribution in [-0.2, 0) is 11.4 Å². The van der Waals surface area contributed by atoms with Gasteiger partial charge < -0.3 is 15.3 Å². The van der Waals surface area contributed by atoms with Crippen LogP contribution in [0.4, 0.5) is 5.82 Å². The Morgan fingerprint density at radius 2 is 2.04 bits per heavy atom. The van der Waals surface area contributed by atoms with E-state index in [1.54, 1.807) is 0 Å². The zero-order chi connectivity index (χ0) is 17.8. The van der Waals surface area contributed by atoms with Crippen molar-refractivity contribution in [2.24, 2.45) is 0 Å². The summed E-state index contributed by atoms with van der Waals surface area (Å²) in [6.45, 7) is 8.31. The minimum absolute atomic E-state index is 0.0225. The third-order valence-corrected chi connectivity index (χ3v) is 4.69. The molecule has 0 unspecified atom stereocenters. The van der Waals surface area contributed by atoms with E-state index in [0.717, 1.165) is 54.0 Å². The molecule has 0 atom stereocenters. The van der Waals surface area contributed by atoms with E-state index in [1.807, 2.05) is 25.1 Å². The summed E-state index contributed by atoms with van der Waals surface area (Å²) in [5, 5.41) is 13.7. The van der Waals surface area contributed by atoms with Gasteiger partial charge >= 0.3 is 0 Å². The third kappa shape index (κ3) is 3.91. The van der Waals surface area contributed by atoms with Crippen LogP contribution in [0.3, 0.4) is 0 Å². The van der Waals surface area contributed by atoms with E-state index >= 15 is 0 Å². The summed E-state index contributed by atoms with van der Waals surface area (Å²) < 4.78 is 0. The minimum atomic E-state index is -0.0225. The second-order valence-corrected chi connectivity index (χ2v) is 6.49. The quantitative estimate of drug-likeness (QED) is 0.857. The Morgan fingerprint density at radius 1 is 1.28 bits per heavy atom. The Kier molecular flexibility index (Phi) is 5.50. The molecule has 6 nitrogen and oxygen atoms in total. The number of anilines is 1. The van der Waals surface area contributed by atoms with Gasteiger partial charge in [0, 0.05) is 43.7 Å². The van der Waals surface area contributed by atoms with Gasteiger partial charge in [0.1, 0.15) is 5.82 Å². The van der Waals surface area contributed by atoms with Crippen molar-refractivity contribution < 1.29 is 9.90 Å². The fraction of sp³-hybridized carbons (Fsp3) is 0.474. The molecule has 1 amide bonds. The molecule has 25 heavy (non-hydrogen) atoms. The van der Waals surface area contributed by atoms with Crippen LogP contribution in [0, 0.1) is 6.92 Å². The Hall–Kier alpha value is -2.18. The number of pyridine rings is 1. The number of amides is 1. The number of aliphatic hydroxyl groups excluding tert-OH is 1. The molecule has 0 radical (unpaired) electrons. The number of fused-ring (bicyclic) bond motifs is 1. The first kappa shape index (κ1) is 17.6. The Balaban J connectivity index is 1.76. The van der Waals surface area contributed by atoms with Gasteiger partial charge in [0.25, 0.3) is 0 Å². The molecule has 1 saturated heterocycles. The highest BCUT2D eigenvalue weighted by Gasteiger charge is 2.22. The Labute approximate surface area is 148 Å². The molecule has 1 fully saturated rings. The van der Waals surface area contributed by atoms with Crippen molar-refractivity contribution in [3.05, 3.63) is 35.4 Å². The van der Waals surface area contributed by atoms with Crippen LogP contribution >= 0.6 is 0 Å². The van der Waals surface area contributed by atoms with E-state index in [-0.39, 0.29) is 12.5 Å². The number of aryl methyl sites for hydroxylation is 1. The number of benzene rings is 1. The van der Waals surface area contributed by atoms with Crippen LogP contribution in [-0.4, -0.2) is 60.2 Å². The highest BCUT2D eigenvalue weighted by molar-refractivity contribution is 5.84. The van der Waals surface area contributed by atoms with E-state index in [0.29, 0.717) is 13.1 Å². The predicted molar refractivity (Wildman–Crippen MR) is 99.7 cm³/mol. The van der Waals surface area contributed by atoms with E-state index in [1.165, 1.54) is 0 Å². The SMILES string of the molecule is CCNC(=O)CN1CCN(c2nc3c(C)cccc3cc2CO)CC1. The Bertz CT molecular complexity index is 754. The van der Waals surface area contributed by atoms with Crippen molar-refractivity contribution >= 4 is 22.6 Å². The first-order valence-electron chi connectivity index (χ1n) is 8.86. The highest BCUT2D eigenvalue weighted by atomic mass is 16.3. The Morgan fingerprint density at radius 3 is 2.72 bits per heavy atom. The standard InChI is InChI=1S/C19H26N4O2/c1-3-20-17(25)12-22-7-9-23(10-8-22)19-16(13-24)11-15-6-4-5-14(2)18(15)21-19/h4-6,11,24H,3,7-10,12-13H2,1-2H3,(H,20,25). The molecule has 2 heterocycles. The van der Waals surface area contributed by atoms with Crippen molar-refractivity contribution in [1.82, 2.24) is 15.2 Å². The molecule has 2 aromatic rings. The largest absolute Gasteiger partial charge is 0.392 e. The van der Waals surface area contributed by atoms with Gasteiger partial charge in [-0.1, -0.05) is 18.2 Å². The molecule has 1 aromatic carbocycles. The summed E-state index contributed by atoms with van der Waals surface area (Å²) in [5.74, 6) is 0.938. The maximum atomic E-state index is 11.7. The van der Waals surface area contributed by atoms with Gasteiger partial charge in [0.2, 0.25) is 5.91 Å². The molecular weight excluding hydrogens is 316 g/mol. The molecule has 134 valence electrons. The summed E-state index contributed by atoms with van der Waals surface area (Å²) in [5.41, 5.74) is 2.98. The van der Waals surface area contributed by atoms with Gasteiger partial charge in [-0.05, 0) is 25.5 Å². The van der Waals surface area contributed by atoms with Gasteiger partial charge in [0.15, 0.2) is 0 Å².